The zero-order chi connectivity index (χ0) is 11.4. The van der Waals surface area contributed by atoms with Crippen LogP contribution in [0.3, 0.4) is 0 Å². The van der Waals surface area contributed by atoms with Crippen LogP contribution < -0.4 is 5.32 Å². The SMILES string of the molecule is COCCC1(CNC(C)c2ccsc2)CC1. The summed E-state index contributed by atoms with van der Waals surface area (Å²) in [6, 6.07) is 2.68. The second-order valence-corrected chi connectivity index (χ2v) is 5.68. The lowest BCUT2D eigenvalue weighted by Crippen LogP contribution is -2.27. The Bertz CT molecular complexity index is 306. The highest BCUT2D eigenvalue weighted by atomic mass is 32.1. The van der Waals surface area contributed by atoms with Crippen molar-refractivity contribution in [2.75, 3.05) is 20.3 Å². The van der Waals surface area contributed by atoms with Crippen molar-refractivity contribution in [3.8, 4) is 0 Å². The van der Waals surface area contributed by atoms with Gasteiger partial charge in [-0.2, -0.15) is 11.3 Å². The zero-order valence-electron chi connectivity index (χ0n) is 10.2. The van der Waals surface area contributed by atoms with Crippen LogP contribution in [0.5, 0.6) is 0 Å². The predicted octanol–water partition coefficient (Wildman–Crippen LogP) is 3.22. The molecule has 1 unspecified atom stereocenters. The molecule has 2 nitrogen and oxygen atoms in total. The van der Waals surface area contributed by atoms with Crippen LogP contribution in [0, 0.1) is 5.41 Å². The molecule has 1 aromatic rings. The van der Waals surface area contributed by atoms with Crippen molar-refractivity contribution >= 4 is 11.3 Å². The van der Waals surface area contributed by atoms with Gasteiger partial charge >= 0.3 is 0 Å². The summed E-state index contributed by atoms with van der Waals surface area (Å²) in [5.74, 6) is 0. The summed E-state index contributed by atoms with van der Waals surface area (Å²) in [4.78, 5) is 0. The smallest absolute Gasteiger partial charge is 0.0468 e. The summed E-state index contributed by atoms with van der Waals surface area (Å²) >= 11 is 1.77. The number of methoxy groups -OCH3 is 1. The summed E-state index contributed by atoms with van der Waals surface area (Å²) in [7, 11) is 1.79. The third kappa shape index (κ3) is 3.06. The average molecular weight is 239 g/mol. The number of hydrogen-bond donors (Lipinski definition) is 1. The van der Waals surface area contributed by atoms with Crippen LogP contribution in [0.15, 0.2) is 16.8 Å². The Balaban J connectivity index is 1.75. The molecule has 0 saturated heterocycles. The molecule has 1 aliphatic carbocycles. The van der Waals surface area contributed by atoms with Gasteiger partial charge in [-0.25, -0.2) is 0 Å². The zero-order valence-corrected chi connectivity index (χ0v) is 11.0. The fourth-order valence-electron chi connectivity index (χ4n) is 2.02. The Morgan fingerprint density at radius 3 is 2.94 bits per heavy atom. The van der Waals surface area contributed by atoms with E-state index in [0.29, 0.717) is 11.5 Å². The molecule has 1 fully saturated rings. The van der Waals surface area contributed by atoms with Crippen molar-refractivity contribution in [1.29, 1.82) is 0 Å². The number of nitrogens with one attached hydrogen (secondary N) is 1. The summed E-state index contributed by atoms with van der Waals surface area (Å²) in [5, 5.41) is 8.02. The molecule has 2 rings (SSSR count). The molecule has 1 aromatic heterocycles. The highest BCUT2D eigenvalue weighted by Gasteiger charge is 2.41. The van der Waals surface area contributed by atoms with E-state index in [0.717, 1.165) is 13.2 Å². The maximum absolute atomic E-state index is 5.17. The van der Waals surface area contributed by atoms with Crippen LogP contribution in [0.25, 0.3) is 0 Å². The summed E-state index contributed by atoms with van der Waals surface area (Å²) in [5.41, 5.74) is 1.95. The van der Waals surface area contributed by atoms with Gasteiger partial charge in [-0.15, -0.1) is 0 Å². The van der Waals surface area contributed by atoms with Crippen molar-refractivity contribution in [3.63, 3.8) is 0 Å². The molecular weight excluding hydrogens is 218 g/mol. The van der Waals surface area contributed by atoms with Gasteiger partial charge in [0.05, 0.1) is 0 Å². The Morgan fingerprint density at radius 1 is 1.56 bits per heavy atom. The molecule has 1 aliphatic rings. The summed E-state index contributed by atoms with van der Waals surface area (Å²) in [6.45, 7) is 4.27. The molecule has 0 aliphatic heterocycles. The Hall–Kier alpha value is -0.380. The monoisotopic (exact) mass is 239 g/mol. The quantitative estimate of drug-likeness (QED) is 0.789. The standard InChI is InChI=1S/C13H21NOS/c1-11(12-3-8-16-9-12)14-10-13(4-5-13)6-7-15-2/h3,8-9,11,14H,4-7,10H2,1-2H3. The van der Waals surface area contributed by atoms with Crippen LogP contribution >= 0.6 is 11.3 Å². The van der Waals surface area contributed by atoms with E-state index >= 15 is 0 Å². The van der Waals surface area contributed by atoms with Gasteiger partial charge in [-0.1, -0.05) is 0 Å². The van der Waals surface area contributed by atoms with Crippen LogP contribution in [0.1, 0.15) is 37.8 Å². The van der Waals surface area contributed by atoms with Crippen LogP contribution in [-0.2, 0) is 4.74 Å². The first-order chi connectivity index (χ1) is 7.76. The maximum atomic E-state index is 5.17. The topological polar surface area (TPSA) is 21.3 Å². The molecule has 90 valence electrons. The first-order valence-corrected chi connectivity index (χ1v) is 6.94. The van der Waals surface area contributed by atoms with Crippen molar-refractivity contribution in [2.24, 2.45) is 5.41 Å². The molecule has 0 radical (unpaired) electrons. The molecule has 0 bridgehead atoms. The molecule has 16 heavy (non-hydrogen) atoms. The molecule has 0 spiro atoms. The predicted molar refractivity (Wildman–Crippen MR) is 68.9 cm³/mol. The Labute approximate surface area is 102 Å². The van der Waals surface area contributed by atoms with Crippen LogP contribution in [0.4, 0.5) is 0 Å². The van der Waals surface area contributed by atoms with E-state index in [-0.39, 0.29) is 0 Å². The lowest BCUT2D eigenvalue weighted by atomic mass is 10.0. The van der Waals surface area contributed by atoms with E-state index in [4.69, 9.17) is 4.74 Å². The first-order valence-electron chi connectivity index (χ1n) is 6.00. The summed E-state index contributed by atoms with van der Waals surface area (Å²) in [6.07, 6.45) is 3.92. The fourth-order valence-corrected chi connectivity index (χ4v) is 2.77. The summed E-state index contributed by atoms with van der Waals surface area (Å²) < 4.78 is 5.17. The van der Waals surface area contributed by atoms with Crippen molar-refractivity contribution in [2.45, 2.75) is 32.2 Å². The van der Waals surface area contributed by atoms with Gasteiger partial charge < -0.3 is 10.1 Å². The van der Waals surface area contributed by atoms with E-state index < -0.39 is 0 Å². The minimum atomic E-state index is 0.478. The number of ether oxygens (including phenoxy) is 1. The highest BCUT2D eigenvalue weighted by molar-refractivity contribution is 7.07. The number of rotatable bonds is 7. The largest absolute Gasteiger partial charge is 0.385 e. The molecule has 1 heterocycles. The first kappa shape index (κ1) is 12.1. The van der Waals surface area contributed by atoms with Crippen molar-refractivity contribution in [1.82, 2.24) is 5.32 Å². The van der Waals surface area contributed by atoms with Gasteiger partial charge in [-0.05, 0) is 54.0 Å². The average Bonchev–Trinajstić information content (AvgIpc) is 2.85. The second kappa shape index (κ2) is 5.30. The van der Waals surface area contributed by atoms with Gasteiger partial charge in [0.25, 0.3) is 0 Å². The van der Waals surface area contributed by atoms with Gasteiger partial charge in [0.1, 0.15) is 0 Å². The second-order valence-electron chi connectivity index (χ2n) is 4.90. The Kier molecular flexibility index (Phi) is 4.00. The normalized spacial score (nSPS) is 19.6. The number of hydrogen-bond acceptors (Lipinski definition) is 3. The lowest BCUT2D eigenvalue weighted by molar-refractivity contribution is 0.170. The lowest BCUT2D eigenvalue weighted by Gasteiger charge is -2.19. The molecule has 0 amide bonds. The van der Waals surface area contributed by atoms with Crippen LogP contribution in [-0.4, -0.2) is 20.3 Å². The highest BCUT2D eigenvalue weighted by Crippen LogP contribution is 2.48. The van der Waals surface area contributed by atoms with Gasteiger partial charge in [0.15, 0.2) is 0 Å². The third-order valence-electron chi connectivity index (χ3n) is 3.62. The fraction of sp³-hybridized carbons (Fsp3) is 0.692. The van der Waals surface area contributed by atoms with E-state index in [1.165, 1.54) is 24.8 Å². The molecule has 1 saturated carbocycles. The minimum Gasteiger partial charge on any atom is -0.385 e. The maximum Gasteiger partial charge on any atom is 0.0468 e. The molecule has 0 aromatic carbocycles. The number of thiophene rings is 1. The van der Waals surface area contributed by atoms with E-state index in [9.17, 15) is 0 Å². The molecule has 3 heteroatoms. The van der Waals surface area contributed by atoms with Crippen LogP contribution in [0.2, 0.25) is 0 Å². The van der Waals surface area contributed by atoms with E-state index in [2.05, 4.69) is 29.1 Å². The minimum absolute atomic E-state index is 0.478. The van der Waals surface area contributed by atoms with Crippen molar-refractivity contribution < 1.29 is 4.74 Å². The Morgan fingerprint density at radius 2 is 2.38 bits per heavy atom. The van der Waals surface area contributed by atoms with Gasteiger partial charge in [0.2, 0.25) is 0 Å². The van der Waals surface area contributed by atoms with Gasteiger partial charge in [-0.3, -0.25) is 0 Å². The van der Waals surface area contributed by atoms with Gasteiger partial charge in [0, 0.05) is 26.3 Å². The molecule has 1 atom stereocenters. The van der Waals surface area contributed by atoms with E-state index in [1.54, 1.807) is 18.4 Å². The molecule has 1 N–H and O–H groups in total. The van der Waals surface area contributed by atoms with Crippen molar-refractivity contribution in [3.05, 3.63) is 22.4 Å². The van der Waals surface area contributed by atoms with E-state index in [1.807, 2.05) is 0 Å². The third-order valence-corrected chi connectivity index (χ3v) is 4.32. The molecular formula is C13H21NOS.